The molecule has 2 N–H and O–H groups in total. The number of rotatable bonds is 1. The van der Waals surface area contributed by atoms with Crippen molar-refractivity contribution in [3.05, 3.63) is 0 Å². The molecule has 0 aromatic rings. The van der Waals surface area contributed by atoms with E-state index < -0.39 is 0 Å². The number of piperidine rings is 1. The van der Waals surface area contributed by atoms with Crippen LogP contribution in [0.3, 0.4) is 0 Å². The van der Waals surface area contributed by atoms with Gasteiger partial charge in [0.1, 0.15) is 0 Å². The van der Waals surface area contributed by atoms with Crippen LogP contribution >= 0.6 is 0 Å². The molecule has 2 fully saturated rings. The highest BCUT2D eigenvalue weighted by molar-refractivity contribution is 5.79. The number of likely N-dealkylation sites (tertiary alicyclic amines) is 1. The first kappa shape index (κ1) is 9.00. The zero-order chi connectivity index (χ0) is 9.59. The fraction of sp³-hybridized carbons (Fsp3) is 0.900. The lowest BCUT2D eigenvalue weighted by Crippen LogP contribution is -2.43. The third-order valence-corrected chi connectivity index (χ3v) is 3.43. The van der Waals surface area contributed by atoms with Gasteiger partial charge in [-0.3, -0.25) is 4.79 Å². The van der Waals surface area contributed by atoms with Crippen molar-refractivity contribution >= 4 is 5.91 Å². The van der Waals surface area contributed by atoms with Gasteiger partial charge in [-0.1, -0.05) is 13.8 Å². The molecule has 0 aromatic heterocycles. The molecule has 0 radical (unpaired) electrons. The first-order valence-electron chi connectivity index (χ1n) is 5.17. The van der Waals surface area contributed by atoms with E-state index in [0.717, 1.165) is 13.0 Å². The summed E-state index contributed by atoms with van der Waals surface area (Å²) in [5.74, 6) is 0.974. The third-order valence-electron chi connectivity index (χ3n) is 3.43. The number of hydrogen-bond donors (Lipinski definition) is 1. The van der Waals surface area contributed by atoms with E-state index in [4.69, 9.17) is 5.73 Å². The maximum Gasteiger partial charge on any atom is 0.225 e. The topological polar surface area (TPSA) is 46.3 Å². The van der Waals surface area contributed by atoms with Crippen LogP contribution < -0.4 is 5.73 Å². The van der Waals surface area contributed by atoms with Crippen molar-refractivity contribution < 1.29 is 4.79 Å². The molecule has 1 saturated heterocycles. The van der Waals surface area contributed by atoms with Gasteiger partial charge in [0.25, 0.3) is 0 Å². The zero-order valence-electron chi connectivity index (χ0n) is 8.36. The zero-order valence-corrected chi connectivity index (χ0v) is 8.36. The molecule has 1 aliphatic carbocycles. The number of hydrogen-bond acceptors (Lipinski definition) is 2. The molecular formula is C10H18N2O. The van der Waals surface area contributed by atoms with Gasteiger partial charge in [-0.25, -0.2) is 0 Å². The molecule has 1 aliphatic heterocycles. The maximum absolute atomic E-state index is 11.8. The van der Waals surface area contributed by atoms with Crippen molar-refractivity contribution in [2.24, 2.45) is 17.6 Å². The minimum absolute atomic E-state index is 0.117. The highest BCUT2D eigenvalue weighted by Gasteiger charge is 2.46. The van der Waals surface area contributed by atoms with Crippen molar-refractivity contribution in [2.75, 3.05) is 6.54 Å². The fourth-order valence-electron chi connectivity index (χ4n) is 2.63. The Kier molecular flexibility index (Phi) is 2.06. The summed E-state index contributed by atoms with van der Waals surface area (Å²) in [4.78, 5) is 13.8. The van der Waals surface area contributed by atoms with E-state index in [1.165, 1.54) is 6.42 Å². The molecule has 74 valence electrons. The predicted octanol–water partition coefficient (Wildman–Crippen LogP) is 0.591. The predicted molar refractivity (Wildman–Crippen MR) is 51.0 cm³/mol. The van der Waals surface area contributed by atoms with E-state index in [9.17, 15) is 4.79 Å². The van der Waals surface area contributed by atoms with E-state index >= 15 is 0 Å². The van der Waals surface area contributed by atoms with Crippen LogP contribution in [0.5, 0.6) is 0 Å². The van der Waals surface area contributed by atoms with Gasteiger partial charge in [0, 0.05) is 24.5 Å². The average Bonchev–Trinajstić information content (AvgIpc) is 2.60. The van der Waals surface area contributed by atoms with E-state index in [1.54, 1.807) is 0 Å². The summed E-state index contributed by atoms with van der Waals surface area (Å²) >= 11 is 0. The number of nitrogens with two attached hydrogens (primary N) is 1. The van der Waals surface area contributed by atoms with Gasteiger partial charge in [0.15, 0.2) is 0 Å². The van der Waals surface area contributed by atoms with Gasteiger partial charge in [-0.05, 0) is 18.8 Å². The van der Waals surface area contributed by atoms with Crippen LogP contribution in [0.4, 0.5) is 0 Å². The molecule has 3 atom stereocenters. The SMILES string of the molecule is CC(C)C(=O)N1C[C@H]2CC[C@@H]1[C@@H]2N. The van der Waals surface area contributed by atoms with E-state index in [0.29, 0.717) is 12.0 Å². The lowest BCUT2D eigenvalue weighted by Gasteiger charge is -2.28. The minimum atomic E-state index is 0.117. The van der Waals surface area contributed by atoms with Gasteiger partial charge >= 0.3 is 0 Å². The molecule has 0 spiro atoms. The summed E-state index contributed by atoms with van der Waals surface area (Å²) in [5.41, 5.74) is 6.02. The molecule has 0 unspecified atom stereocenters. The van der Waals surface area contributed by atoms with Crippen molar-refractivity contribution in [2.45, 2.75) is 38.8 Å². The van der Waals surface area contributed by atoms with E-state index in [-0.39, 0.29) is 17.9 Å². The van der Waals surface area contributed by atoms with Gasteiger partial charge in [0.05, 0.1) is 0 Å². The van der Waals surface area contributed by atoms with Crippen LogP contribution in [0.15, 0.2) is 0 Å². The van der Waals surface area contributed by atoms with Crippen molar-refractivity contribution in [1.82, 2.24) is 4.90 Å². The van der Waals surface area contributed by atoms with Crippen molar-refractivity contribution in [1.29, 1.82) is 0 Å². The summed E-state index contributed by atoms with van der Waals surface area (Å²) in [6.07, 6.45) is 2.33. The Morgan fingerprint density at radius 1 is 1.46 bits per heavy atom. The van der Waals surface area contributed by atoms with Crippen LogP contribution in [-0.4, -0.2) is 29.4 Å². The van der Waals surface area contributed by atoms with Crippen molar-refractivity contribution in [3.8, 4) is 0 Å². The van der Waals surface area contributed by atoms with Crippen LogP contribution in [0.25, 0.3) is 0 Å². The van der Waals surface area contributed by atoms with Gasteiger partial charge in [-0.15, -0.1) is 0 Å². The Hall–Kier alpha value is -0.570. The smallest absolute Gasteiger partial charge is 0.225 e. The molecule has 2 aliphatic rings. The second-order valence-electron chi connectivity index (χ2n) is 4.63. The first-order valence-corrected chi connectivity index (χ1v) is 5.17. The Morgan fingerprint density at radius 2 is 2.15 bits per heavy atom. The maximum atomic E-state index is 11.8. The van der Waals surface area contributed by atoms with E-state index in [2.05, 4.69) is 0 Å². The largest absolute Gasteiger partial charge is 0.338 e. The Labute approximate surface area is 79.3 Å². The highest BCUT2D eigenvalue weighted by atomic mass is 16.2. The molecule has 3 nitrogen and oxygen atoms in total. The van der Waals surface area contributed by atoms with Crippen molar-refractivity contribution in [3.63, 3.8) is 0 Å². The standard InChI is InChI=1S/C10H18N2O/c1-6(2)10(13)12-5-7-3-4-8(12)9(7)11/h6-9H,3-5,11H2,1-2H3/t7-,8-,9-/m1/s1. The molecule has 0 aromatic carbocycles. The number of nitrogens with zero attached hydrogens (tertiary/aromatic N) is 1. The van der Waals surface area contributed by atoms with Gasteiger partial charge < -0.3 is 10.6 Å². The molecule has 2 bridgehead atoms. The van der Waals surface area contributed by atoms with Crippen LogP contribution in [-0.2, 0) is 4.79 Å². The Balaban J connectivity index is 2.08. The summed E-state index contributed by atoms with van der Waals surface area (Å²) < 4.78 is 0. The summed E-state index contributed by atoms with van der Waals surface area (Å²) in [6, 6.07) is 0.600. The monoisotopic (exact) mass is 182 g/mol. The normalized spacial score (nSPS) is 37.5. The van der Waals surface area contributed by atoms with E-state index in [1.807, 2.05) is 18.7 Å². The molecule has 3 heteroatoms. The molecular weight excluding hydrogens is 164 g/mol. The second kappa shape index (κ2) is 2.98. The minimum Gasteiger partial charge on any atom is -0.338 e. The highest BCUT2D eigenvalue weighted by Crippen LogP contribution is 2.37. The number of carbonyl (C=O) groups is 1. The number of amides is 1. The number of carbonyl (C=O) groups excluding carboxylic acids is 1. The first-order chi connectivity index (χ1) is 6.11. The molecule has 1 amide bonds. The van der Waals surface area contributed by atoms with Crippen LogP contribution in [0.1, 0.15) is 26.7 Å². The fourth-order valence-corrected chi connectivity index (χ4v) is 2.63. The van der Waals surface area contributed by atoms with Gasteiger partial charge in [0.2, 0.25) is 5.91 Å². The quantitative estimate of drug-likeness (QED) is 0.645. The van der Waals surface area contributed by atoms with Gasteiger partial charge in [-0.2, -0.15) is 0 Å². The average molecular weight is 182 g/mol. The Bertz CT molecular complexity index is 227. The lowest BCUT2D eigenvalue weighted by molar-refractivity contribution is -0.136. The number of fused-ring (bicyclic) bond motifs is 2. The Morgan fingerprint density at radius 3 is 2.54 bits per heavy atom. The molecule has 13 heavy (non-hydrogen) atoms. The summed E-state index contributed by atoms with van der Waals surface area (Å²) in [5, 5.41) is 0. The third kappa shape index (κ3) is 1.26. The lowest BCUT2D eigenvalue weighted by atomic mass is 10.1. The molecule has 1 heterocycles. The summed E-state index contributed by atoms with van der Waals surface area (Å²) in [7, 11) is 0. The molecule has 2 rings (SSSR count). The summed E-state index contributed by atoms with van der Waals surface area (Å²) in [6.45, 7) is 4.82. The molecule has 1 saturated carbocycles. The van der Waals surface area contributed by atoms with Crippen LogP contribution in [0, 0.1) is 11.8 Å². The second-order valence-corrected chi connectivity index (χ2v) is 4.63. The van der Waals surface area contributed by atoms with Crippen LogP contribution in [0.2, 0.25) is 0 Å².